The summed E-state index contributed by atoms with van der Waals surface area (Å²) in [6, 6.07) is 5.62. The van der Waals surface area contributed by atoms with Gasteiger partial charge in [0.25, 0.3) is 0 Å². The van der Waals surface area contributed by atoms with E-state index in [0.717, 1.165) is 17.8 Å². The van der Waals surface area contributed by atoms with Crippen LogP contribution in [-0.4, -0.2) is 12.6 Å². The van der Waals surface area contributed by atoms with Crippen LogP contribution in [0, 0.1) is 5.82 Å². The molecular weight excluding hydrogens is 203 g/mol. The minimum Gasteiger partial charge on any atom is -0.366 e. The van der Waals surface area contributed by atoms with E-state index in [9.17, 15) is 4.39 Å². The molecule has 1 aromatic rings. The minimum absolute atomic E-state index is 0.0219. The van der Waals surface area contributed by atoms with Crippen molar-refractivity contribution in [1.82, 2.24) is 0 Å². The SMILES string of the molecule is N[C@H]1CN(C2CCCC2)c2ccc(F)cc21. The first kappa shape index (κ1) is 10.1. The molecule has 1 atom stereocenters. The molecule has 0 bridgehead atoms. The molecule has 1 heterocycles. The number of benzene rings is 1. The Bertz CT molecular complexity index is 399. The predicted octanol–water partition coefficient (Wildman–Crippen LogP) is 2.59. The van der Waals surface area contributed by atoms with E-state index in [2.05, 4.69) is 4.90 Å². The van der Waals surface area contributed by atoms with E-state index in [1.807, 2.05) is 6.07 Å². The number of hydrogen-bond acceptors (Lipinski definition) is 2. The van der Waals surface area contributed by atoms with Gasteiger partial charge in [-0.25, -0.2) is 4.39 Å². The van der Waals surface area contributed by atoms with E-state index < -0.39 is 0 Å². The molecule has 2 nitrogen and oxygen atoms in total. The van der Waals surface area contributed by atoms with Gasteiger partial charge in [-0.2, -0.15) is 0 Å². The molecule has 3 rings (SSSR count). The van der Waals surface area contributed by atoms with Crippen LogP contribution in [0.2, 0.25) is 0 Å². The maximum Gasteiger partial charge on any atom is 0.123 e. The van der Waals surface area contributed by atoms with Crippen molar-refractivity contribution < 1.29 is 4.39 Å². The minimum atomic E-state index is -0.178. The van der Waals surface area contributed by atoms with Crippen molar-refractivity contribution in [2.45, 2.75) is 37.8 Å². The average Bonchev–Trinajstić information content (AvgIpc) is 2.87. The Morgan fingerprint density at radius 2 is 2.00 bits per heavy atom. The predicted molar refractivity (Wildman–Crippen MR) is 62.9 cm³/mol. The second-order valence-electron chi connectivity index (χ2n) is 4.90. The lowest BCUT2D eigenvalue weighted by Crippen LogP contribution is -2.33. The zero-order chi connectivity index (χ0) is 11.1. The normalized spacial score (nSPS) is 25.1. The molecule has 2 N–H and O–H groups in total. The third-order valence-corrected chi connectivity index (χ3v) is 3.86. The first-order chi connectivity index (χ1) is 7.75. The molecule has 0 radical (unpaired) electrons. The van der Waals surface area contributed by atoms with E-state index in [-0.39, 0.29) is 11.9 Å². The van der Waals surface area contributed by atoms with Crippen LogP contribution in [0.15, 0.2) is 18.2 Å². The third-order valence-electron chi connectivity index (χ3n) is 3.86. The maximum atomic E-state index is 13.2. The molecule has 1 aliphatic carbocycles. The van der Waals surface area contributed by atoms with Crippen LogP contribution >= 0.6 is 0 Å². The van der Waals surface area contributed by atoms with Crippen LogP contribution in [0.4, 0.5) is 10.1 Å². The molecule has 3 heteroatoms. The number of nitrogens with two attached hydrogens (primary N) is 1. The number of hydrogen-bond donors (Lipinski definition) is 1. The molecule has 0 aromatic heterocycles. The summed E-state index contributed by atoms with van der Waals surface area (Å²) in [6.45, 7) is 0.851. The van der Waals surface area contributed by atoms with Gasteiger partial charge in [-0.1, -0.05) is 12.8 Å². The standard InChI is InChI=1S/C13H17FN2/c14-9-5-6-13-11(7-9)12(15)8-16(13)10-3-1-2-4-10/h5-7,10,12H,1-4,8,15H2/t12-/m0/s1. The zero-order valence-electron chi connectivity index (χ0n) is 9.32. The third kappa shape index (κ3) is 1.50. The van der Waals surface area contributed by atoms with Gasteiger partial charge >= 0.3 is 0 Å². The molecule has 1 saturated carbocycles. The maximum absolute atomic E-state index is 13.2. The Labute approximate surface area is 95.2 Å². The molecule has 0 spiro atoms. The number of anilines is 1. The highest BCUT2D eigenvalue weighted by Gasteiger charge is 2.32. The molecular formula is C13H17FN2. The first-order valence-corrected chi connectivity index (χ1v) is 6.07. The van der Waals surface area contributed by atoms with Crippen molar-refractivity contribution in [2.75, 3.05) is 11.4 Å². The lowest BCUT2D eigenvalue weighted by atomic mass is 10.1. The highest BCUT2D eigenvalue weighted by molar-refractivity contribution is 5.60. The quantitative estimate of drug-likeness (QED) is 0.788. The number of rotatable bonds is 1. The van der Waals surface area contributed by atoms with Crippen LogP contribution in [0.3, 0.4) is 0 Å². The van der Waals surface area contributed by atoms with Gasteiger partial charge in [0.1, 0.15) is 5.82 Å². The Hall–Kier alpha value is -1.09. The summed E-state index contributed by atoms with van der Waals surface area (Å²) in [4.78, 5) is 2.38. The van der Waals surface area contributed by atoms with E-state index in [4.69, 9.17) is 5.73 Å². The average molecular weight is 220 g/mol. The molecule has 1 aromatic carbocycles. The number of nitrogens with zero attached hydrogens (tertiary/aromatic N) is 1. The van der Waals surface area contributed by atoms with Gasteiger partial charge in [0.2, 0.25) is 0 Å². The summed E-state index contributed by atoms with van der Waals surface area (Å²) < 4.78 is 13.2. The van der Waals surface area contributed by atoms with Gasteiger partial charge in [0.15, 0.2) is 0 Å². The van der Waals surface area contributed by atoms with Crippen molar-refractivity contribution in [3.05, 3.63) is 29.6 Å². The fourth-order valence-corrected chi connectivity index (χ4v) is 3.05. The fourth-order valence-electron chi connectivity index (χ4n) is 3.05. The summed E-state index contributed by atoms with van der Waals surface area (Å²) in [5.74, 6) is -0.178. The molecule has 16 heavy (non-hydrogen) atoms. The molecule has 86 valence electrons. The van der Waals surface area contributed by atoms with E-state index in [1.54, 1.807) is 12.1 Å². The van der Waals surface area contributed by atoms with E-state index in [1.165, 1.54) is 25.7 Å². The molecule has 1 fully saturated rings. The van der Waals surface area contributed by atoms with Crippen molar-refractivity contribution in [3.8, 4) is 0 Å². The van der Waals surface area contributed by atoms with Crippen molar-refractivity contribution in [2.24, 2.45) is 5.73 Å². The summed E-state index contributed by atoms with van der Waals surface area (Å²) in [7, 11) is 0. The van der Waals surface area contributed by atoms with E-state index >= 15 is 0 Å². The highest BCUT2D eigenvalue weighted by atomic mass is 19.1. The number of fused-ring (bicyclic) bond motifs is 1. The van der Waals surface area contributed by atoms with Crippen LogP contribution in [0.5, 0.6) is 0 Å². The summed E-state index contributed by atoms with van der Waals surface area (Å²) in [6.07, 6.45) is 5.13. The molecule has 0 saturated heterocycles. The molecule has 2 aliphatic rings. The topological polar surface area (TPSA) is 29.3 Å². The van der Waals surface area contributed by atoms with Crippen LogP contribution < -0.4 is 10.6 Å². The van der Waals surface area contributed by atoms with Crippen LogP contribution in [0.1, 0.15) is 37.3 Å². The van der Waals surface area contributed by atoms with Gasteiger partial charge in [0.05, 0.1) is 0 Å². The van der Waals surface area contributed by atoms with Crippen LogP contribution in [0.25, 0.3) is 0 Å². The van der Waals surface area contributed by atoms with Crippen molar-refractivity contribution >= 4 is 5.69 Å². The summed E-state index contributed by atoms with van der Waals surface area (Å²) in [5, 5.41) is 0. The van der Waals surface area contributed by atoms with Gasteiger partial charge in [-0.3, -0.25) is 0 Å². The first-order valence-electron chi connectivity index (χ1n) is 6.07. The smallest absolute Gasteiger partial charge is 0.123 e. The largest absolute Gasteiger partial charge is 0.366 e. The molecule has 1 aliphatic heterocycles. The van der Waals surface area contributed by atoms with Gasteiger partial charge in [-0.05, 0) is 36.6 Å². The van der Waals surface area contributed by atoms with Gasteiger partial charge in [-0.15, -0.1) is 0 Å². The summed E-state index contributed by atoms with van der Waals surface area (Å²) in [5.41, 5.74) is 8.20. The van der Waals surface area contributed by atoms with Gasteiger partial charge in [0, 0.05) is 24.3 Å². The second kappa shape index (κ2) is 3.74. The zero-order valence-corrected chi connectivity index (χ0v) is 9.32. The van der Waals surface area contributed by atoms with E-state index in [0.29, 0.717) is 6.04 Å². The Morgan fingerprint density at radius 3 is 2.75 bits per heavy atom. The Kier molecular flexibility index (Phi) is 2.36. The van der Waals surface area contributed by atoms with Crippen LogP contribution in [-0.2, 0) is 0 Å². The fraction of sp³-hybridized carbons (Fsp3) is 0.538. The highest BCUT2D eigenvalue weighted by Crippen LogP contribution is 2.38. The Morgan fingerprint density at radius 1 is 1.25 bits per heavy atom. The molecule has 0 amide bonds. The monoisotopic (exact) mass is 220 g/mol. The lowest BCUT2D eigenvalue weighted by molar-refractivity contribution is 0.597. The van der Waals surface area contributed by atoms with Gasteiger partial charge < -0.3 is 10.6 Å². The Balaban J connectivity index is 1.95. The lowest BCUT2D eigenvalue weighted by Gasteiger charge is -2.26. The molecule has 0 unspecified atom stereocenters. The van der Waals surface area contributed by atoms with Crippen molar-refractivity contribution in [1.29, 1.82) is 0 Å². The second-order valence-corrected chi connectivity index (χ2v) is 4.90. The number of halogens is 1. The summed E-state index contributed by atoms with van der Waals surface area (Å²) >= 11 is 0. The van der Waals surface area contributed by atoms with Crippen molar-refractivity contribution in [3.63, 3.8) is 0 Å².